The van der Waals surface area contributed by atoms with E-state index in [1.807, 2.05) is 0 Å². The molecule has 0 spiro atoms. The lowest BCUT2D eigenvalue weighted by atomic mass is 10.1. The molecule has 0 amide bonds. The van der Waals surface area contributed by atoms with E-state index in [4.69, 9.17) is 4.42 Å². The zero-order valence-corrected chi connectivity index (χ0v) is 11.9. The number of nitrogens with zero attached hydrogens (tertiary/aromatic N) is 1. The molecule has 0 saturated carbocycles. The molecule has 19 heavy (non-hydrogen) atoms. The molecule has 1 aromatic carbocycles. The van der Waals surface area contributed by atoms with Gasteiger partial charge in [0.15, 0.2) is 5.89 Å². The molecule has 0 aliphatic carbocycles. The van der Waals surface area contributed by atoms with Crippen LogP contribution >= 0.6 is 0 Å². The minimum absolute atomic E-state index is 0.467. The van der Waals surface area contributed by atoms with Gasteiger partial charge in [0.05, 0.1) is 5.25 Å². The number of aryl methyl sites for hydroxylation is 1. The van der Waals surface area contributed by atoms with Gasteiger partial charge >= 0.3 is 0 Å². The summed E-state index contributed by atoms with van der Waals surface area (Å²) in [5, 5.41) is -0.467. The van der Waals surface area contributed by atoms with Gasteiger partial charge in [-0.2, -0.15) is 0 Å². The van der Waals surface area contributed by atoms with Crippen molar-refractivity contribution in [1.29, 1.82) is 0 Å². The van der Waals surface area contributed by atoms with Crippen LogP contribution in [0.3, 0.4) is 0 Å². The van der Waals surface area contributed by atoms with Crippen LogP contribution in [0.15, 0.2) is 34.9 Å². The monoisotopic (exact) mass is 280 g/mol. The Balaban J connectivity index is 2.20. The van der Waals surface area contributed by atoms with Crippen LogP contribution in [0.2, 0.25) is 0 Å². The number of anilines is 1. The lowest BCUT2D eigenvalue weighted by Gasteiger charge is -2.10. The number of aromatic nitrogens is 1. The molecule has 2 aromatic rings. The smallest absolute Gasteiger partial charge is 0.235 e. The van der Waals surface area contributed by atoms with Crippen LogP contribution in [0.4, 0.5) is 5.69 Å². The van der Waals surface area contributed by atoms with Crippen LogP contribution in [-0.2, 0) is 10.0 Å². The van der Waals surface area contributed by atoms with E-state index >= 15 is 0 Å². The standard InChI is InChI=1S/C13H16N2O3S/c1-9(2)19(16,17)15-12-6-4-11(5-7-12)13-8-18-10(3)14-13/h4-9,15H,1-3H3. The van der Waals surface area contributed by atoms with Gasteiger partial charge in [0, 0.05) is 18.2 Å². The van der Waals surface area contributed by atoms with Crippen LogP contribution < -0.4 is 4.72 Å². The Kier molecular flexibility index (Phi) is 3.61. The number of hydrogen-bond donors (Lipinski definition) is 1. The fourth-order valence-corrected chi connectivity index (χ4v) is 2.19. The van der Waals surface area contributed by atoms with E-state index in [0.717, 1.165) is 11.3 Å². The lowest BCUT2D eigenvalue weighted by Crippen LogP contribution is -2.22. The number of benzene rings is 1. The van der Waals surface area contributed by atoms with Crippen molar-refractivity contribution in [1.82, 2.24) is 4.98 Å². The molecule has 1 heterocycles. The van der Waals surface area contributed by atoms with Crippen LogP contribution in [0.1, 0.15) is 19.7 Å². The van der Waals surface area contributed by atoms with Crippen molar-refractivity contribution in [3.63, 3.8) is 0 Å². The zero-order chi connectivity index (χ0) is 14.0. The van der Waals surface area contributed by atoms with E-state index in [0.29, 0.717) is 11.6 Å². The molecule has 0 atom stereocenters. The third-order valence-corrected chi connectivity index (χ3v) is 4.44. The molecule has 0 unspecified atom stereocenters. The van der Waals surface area contributed by atoms with Gasteiger partial charge in [-0.1, -0.05) is 12.1 Å². The highest BCUT2D eigenvalue weighted by Gasteiger charge is 2.15. The van der Waals surface area contributed by atoms with Crippen molar-refractivity contribution < 1.29 is 12.8 Å². The Morgan fingerprint density at radius 1 is 1.21 bits per heavy atom. The summed E-state index contributed by atoms with van der Waals surface area (Å²) < 4.78 is 31.1. The molecule has 102 valence electrons. The SMILES string of the molecule is Cc1nc(-c2ccc(NS(=O)(=O)C(C)C)cc2)co1. The maximum absolute atomic E-state index is 11.7. The average Bonchev–Trinajstić information content (AvgIpc) is 2.76. The molecule has 2 rings (SSSR count). The summed E-state index contributed by atoms with van der Waals surface area (Å²) in [6.07, 6.45) is 1.57. The minimum atomic E-state index is -3.31. The molecule has 1 N–H and O–H groups in total. The predicted octanol–water partition coefficient (Wildman–Crippen LogP) is 2.80. The van der Waals surface area contributed by atoms with Gasteiger partial charge in [0.2, 0.25) is 10.0 Å². The molecular weight excluding hydrogens is 264 g/mol. The maximum Gasteiger partial charge on any atom is 0.235 e. The Morgan fingerprint density at radius 3 is 2.32 bits per heavy atom. The average molecular weight is 280 g/mol. The van der Waals surface area contributed by atoms with Crippen molar-refractivity contribution in [3.05, 3.63) is 36.4 Å². The second kappa shape index (κ2) is 5.05. The fraction of sp³-hybridized carbons (Fsp3) is 0.308. The molecule has 0 aliphatic rings. The number of nitrogens with one attached hydrogen (secondary N) is 1. The first-order valence-corrected chi connectivity index (χ1v) is 7.47. The van der Waals surface area contributed by atoms with E-state index in [-0.39, 0.29) is 0 Å². The van der Waals surface area contributed by atoms with Gasteiger partial charge < -0.3 is 4.42 Å². The van der Waals surface area contributed by atoms with Crippen molar-refractivity contribution >= 4 is 15.7 Å². The molecule has 6 heteroatoms. The Hall–Kier alpha value is -1.82. The number of oxazole rings is 1. The first kappa shape index (κ1) is 13.6. The van der Waals surface area contributed by atoms with Gasteiger partial charge in [-0.3, -0.25) is 4.72 Å². The van der Waals surface area contributed by atoms with Crippen LogP contribution in [0, 0.1) is 6.92 Å². The molecule has 1 aromatic heterocycles. The predicted molar refractivity (Wildman–Crippen MR) is 74.4 cm³/mol. The van der Waals surface area contributed by atoms with E-state index in [1.54, 1.807) is 51.3 Å². The number of rotatable bonds is 4. The van der Waals surface area contributed by atoms with Gasteiger partial charge in [-0.05, 0) is 26.0 Å². The summed E-state index contributed by atoms with van der Waals surface area (Å²) in [4.78, 5) is 4.21. The van der Waals surface area contributed by atoms with E-state index in [9.17, 15) is 8.42 Å². The van der Waals surface area contributed by atoms with Gasteiger partial charge in [0.1, 0.15) is 12.0 Å². The summed E-state index contributed by atoms with van der Waals surface area (Å²) in [6.45, 7) is 5.04. The lowest BCUT2D eigenvalue weighted by molar-refractivity contribution is 0.521. The molecule has 0 fully saturated rings. The molecule has 0 radical (unpaired) electrons. The van der Waals surface area contributed by atoms with E-state index in [2.05, 4.69) is 9.71 Å². The van der Waals surface area contributed by atoms with Crippen molar-refractivity contribution in [2.24, 2.45) is 0 Å². The zero-order valence-electron chi connectivity index (χ0n) is 11.0. The molecule has 0 aliphatic heterocycles. The second-order valence-electron chi connectivity index (χ2n) is 4.52. The Morgan fingerprint density at radius 2 is 1.84 bits per heavy atom. The third-order valence-electron chi connectivity index (χ3n) is 2.68. The minimum Gasteiger partial charge on any atom is -0.449 e. The summed E-state index contributed by atoms with van der Waals surface area (Å²) in [5.41, 5.74) is 2.15. The molecule has 0 saturated heterocycles. The highest BCUT2D eigenvalue weighted by molar-refractivity contribution is 7.93. The summed E-state index contributed by atoms with van der Waals surface area (Å²) in [5.74, 6) is 0.597. The Bertz CT molecular complexity index is 657. The van der Waals surface area contributed by atoms with E-state index < -0.39 is 15.3 Å². The molecule has 5 nitrogen and oxygen atoms in total. The largest absolute Gasteiger partial charge is 0.449 e. The Labute approximate surface area is 112 Å². The van der Waals surface area contributed by atoms with Crippen molar-refractivity contribution in [2.45, 2.75) is 26.0 Å². The van der Waals surface area contributed by atoms with Crippen LogP contribution in [0.25, 0.3) is 11.3 Å². The van der Waals surface area contributed by atoms with Crippen LogP contribution in [0.5, 0.6) is 0 Å². The van der Waals surface area contributed by atoms with Gasteiger partial charge in [-0.25, -0.2) is 13.4 Å². The normalized spacial score (nSPS) is 11.8. The maximum atomic E-state index is 11.7. The second-order valence-corrected chi connectivity index (χ2v) is 6.76. The first-order chi connectivity index (χ1) is 8.88. The van der Waals surface area contributed by atoms with Crippen LogP contribution in [-0.4, -0.2) is 18.7 Å². The van der Waals surface area contributed by atoms with Gasteiger partial charge in [-0.15, -0.1) is 0 Å². The first-order valence-electron chi connectivity index (χ1n) is 5.92. The highest BCUT2D eigenvalue weighted by Crippen LogP contribution is 2.21. The van der Waals surface area contributed by atoms with E-state index in [1.165, 1.54) is 0 Å². The van der Waals surface area contributed by atoms with Crippen molar-refractivity contribution in [2.75, 3.05) is 4.72 Å². The van der Waals surface area contributed by atoms with Crippen molar-refractivity contribution in [3.8, 4) is 11.3 Å². The molecular formula is C13H16N2O3S. The topological polar surface area (TPSA) is 72.2 Å². The summed E-state index contributed by atoms with van der Waals surface area (Å²) in [6, 6.07) is 7.02. The fourth-order valence-electron chi connectivity index (χ4n) is 1.49. The molecule has 0 bridgehead atoms. The quantitative estimate of drug-likeness (QED) is 0.934. The van der Waals surface area contributed by atoms with Gasteiger partial charge in [0.25, 0.3) is 0 Å². The highest BCUT2D eigenvalue weighted by atomic mass is 32.2. The number of hydrogen-bond acceptors (Lipinski definition) is 4. The third kappa shape index (κ3) is 3.14. The number of sulfonamides is 1. The summed E-state index contributed by atoms with van der Waals surface area (Å²) in [7, 11) is -3.31. The summed E-state index contributed by atoms with van der Waals surface area (Å²) >= 11 is 0.